The quantitative estimate of drug-likeness (QED) is 0.538. The largest absolute Gasteiger partial charge is 0.464 e. The van der Waals surface area contributed by atoms with Gasteiger partial charge in [0.2, 0.25) is 5.28 Å². The van der Waals surface area contributed by atoms with Gasteiger partial charge in [0, 0.05) is 29.6 Å². The van der Waals surface area contributed by atoms with Crippen LogP contribution in [0.25, 0.3) is 22.2 Å². The van der Waals surface area contributed by atoms with Crippen LogP contribution in [0.5, 0.6) is 0 Å². The van der Waals surface area contributed by atoms with E-state index in [9.17, 15) is 10.1 Å². The molecule has 0 aliphatic carbocycles. The van der Waals surface area contributed by atoms with Gasteiger partial charge in [0.05, 0.1) is 24.0 Å². The summed E-state index contributed by atoms with van der Waals surface area (Å²) in [4.78, 5) is 19.0. The Kier molecular flexibility index (Phi) is 4.45. The lowest BCUT2D eigenvalue weighted by Gasteiger charge is -2.05. The zero-order valence-corrected chi connectivity index (χ0v) is 13.6. The SMILES string of the molecule is CC(=O)OCCn1cc(-c2nc(Cl)ncc2C#N)c2ccccc21. The summed E-state index contributed by atoms with van der Waals surface area (Å²) in [6, 6.07) is 9.84. The summed E-state index contributed by atoms with van der Waals surface area (Å²) in [6.07, 6.45) is 3.29. The van der Waals surface area contributed by atoms with Gasteiger partial charge in [0.25, 0.3) is 0 Å². The fourth-order valence-corrected chi connectivity index (χ4v) is 2.69. The van der Waals surface area contributed by atoms with Gasteiger partial charge in [-0.15, -0.1) is 0 Å². The van der Waals surface area contributed by atoms with E-state index in [0.717, 1.165) is 16.5 Å². The molecule has 0 fully saturated rings. The van der Waals surface area contributed by atoms with Crippen molar-refractivity contribution in [1.82, 2.24) is 14.5 Å². The van der Waals surface area contributed by atoms with Gasteiger partial charge in [-0.3, -0.25) is 4.79 Å². The molecule has 3 rings (SSSR count). The second-order valence-electron chi connectivity index (χ2n) is 5.11. The van der Waals surface area contributed by atoms with E-state index in [2.05, 4.69) is 16.0 Å². The molecule has 0 radical (unpaired) electrons. The van der Waals surface area contributed by atoms with Crippen LogP contribution in [0.2, 0.25) is 5.28 Å². The maximum atomic E-state index is 10.9. The topological polar surface area (TPSA) is 80.8 Å². The summed E-state index contributed by atoms with van der Waals surface area (Å²) >= 11 is 5.90. The summed E-state index contributed by atoms with van der Waals surface area (Å²) in [5, 5.41) is 10.3. The molecule has 0 bridgehead atoms. The standard InChI is InChI=1S/C17H13ClN4O2/c1-11(23)24-7-6-22-10-14(13-4-2-3-5-15(13)22)16-12(8-19)9-20-17(18)21-16/h2-5,9-10H,6-7H2,1H3. The van der Waals surface area contributed by atoms with E-state index < -0.39 is 0 Å². The number of nitrogens with zero attached hydrogens (tertiary/aromatic N) is 4. The molecule has 0 saturated heterocycles. The van der Waals surface area contributed by atoms with Crippen LogP contribution in [0.15, 0.2) is 36.7 Å². The summed E-state index contributed by atoms with van der Waals surface area (Å²) in [5.41, 5.74) is 2.58. The molecule has 0 amide bonds. The number of fused-ring (bicyclic) bond motifs is 1. The van der Waals surface area contributed by atoms with Crippen LogP contribution in [-0.2, 0) is 16.1 Å². The summed E-state index contributed by atoms with van der Waals surface area (Å²) in [5.74, 6) is -0.318. The Bertz CT molecular complexity index is 959. The minimum Gasteiger partial charge on any atom is -0.464 e. The van der Waals surface area contributed by atoms with Crippen molar-refractivity contribution in [2.75, 3.05) is 6.61 Å². The van der Waals surface area contributed by atoms with Gasteiger partial charge in [-0.2, -0.15) is 5.26 Å². The highest BCUT2D eigenvalue weighted by Gasteiger charge is 2.15. The monoisotopic (exact) mass is 340 g/mol. The fourth-order valence-electron chi connectivity index (χ4n) is 2.56. The second kappa shape index (κ2) is 6.69. The number of hydrogen-bond acceptors (Lipinski definition) is 5. The maximum Gasteiger partial charge on any atom is 0.302 e. The Labute approximate surface area is 143 Å². The van der Waals surface area contributed by atoms with Gasteiger partial charge in [0.1, 0.15) is 12.7 Å². The minimum absolute atomic E-state index is 0.0840. The highest BCUT2D eigenvalue weighted by Crippen LogP contribution is 2.31. The number of esters is 1. The lowest BCUT2D eigenvalue weighted by atomic mass is 10.1. The van der Waals surface area contributed by atoms with Crippen molar-refractivity contribution in [3.63, 3.8) is 0 Å². The first-order valence-corrected chi connectivity index (χ1v) is 7.62. The maximum absolute atomic E-state index is 10.9. The molecule has 0 atom stereocenters. The number of carbonyl (C=O) groups excluding carboxylic acids is 1. The molecule has 3 aromatic rings. The van der Waals surface area contributed by atoms with Crippen molar-refractivity contribution >= 4 is 28.5 Å². The third kappa shape index (κ3) is 3.07. The summed E-state index contributed by atoms with van der Waals surface area (Å²) in [6.45, 7) is 2.14. The Hall–Kier alpha value is -2.91. The van der Waals surface area contributed by atoms with E-state index in [4.69, 9.17) is 16.3 Å². The lowest BCUT2D eigenvalue weighted by Crippen LogP contribution is -2.07. The van der Waals surface area contributed by atoms with Gasteiger partial charge < -0.3 is 9.30 Å². The Morgan fingerprint density at radius 2 is 2.21 bits per heavy atom. The van der Waals surface area contributed by atoms with E-state index in [1.54, 1.807) is 0 Å². The molecule has 120 valence electrons. The summed E-state index contributed by atoms with van der Waals surface area (Å²) < 4.78 is 6.98. The Balaban J connectivity index is 2.11. The number of ether oxygens (including phenoxy) is 1. The molecular weight excluding hydrogens is 328 g/mol. The molecule has 0 aliphatic rings. The van der Waals surface area contributed by atoms with Crippen molar-refractivity contribution in [2.45, 2.75) is 13.5 Å². The number of nitriles is 1. The van der Waals surface area contributed by atoms with Crippen LogP contribution >= 0.6 is 11.6 Å². The molecule has 0 aliphatic heterocycles. The lowest BCUT2D eigenvalue weighted by molar-refractivity contribution is -0.141. The van der Waals surface area contributed by atoms with E-state index in [1.807, 2.05) is 35.0 Å². The van der Waals surface area contributed by atoms with Crippen LogP contribution in [-0.4, -0.2) is 27.1 Å². The zero-order valence-electron chi connectivity index (χ0n) is 12.9. The zero-order chi connectivity index (χ0) is 17.1. The van der Waals surface area contributed by atoms with Crippen molar-refractivity contribution in [3.05, 3.63) is 47.5 Å². The number of carbonyl (C=O) groups is 1. The van der Waals surface area contributed by atoms with Crippen LogP contribution < -0.4 is 0 Å². The third-order valence-corrected chi connectivity index (χ3v) is 3.74. The molecule has 0 N–H and O–H groups in total. The second-order valence-corrected chi connectivity index (χ2v) is 5.44. The van der Waals surface area contributed by atoms with Gasteiger partial charge in [-0.1, -0.05) is 18.2 Å². The van der Waals surface area contributed by atoms with Crippen LogP contribution in [0.1, 0.15) is 12.5 Å². The van der Waals surface area contributed by atoms with Gasteiger partial charge in [-0.25, -0.2) is 9.97 Å². The smallest absolute Gasteiger partial charge is 0.302 e. The number of benzene rings is 1. The number of rotatable bonds is 4. The van der Waals surface area contributed by atoms with Crippen LogP contribution in [0.3, 0.4) is 0 Å². The number of halogens is 1. The molecule has 24 heavy (non-hydrogen) atoms. The van der Waals surface area contributed by atoms with E-state index >= 15 is 0 Å². The normalized spacial score (nSPS) is 10.5. The van der Waals surface area contributed by atoms with Crippen molar-refractivity contribution < 1.29 is 9.53 Å². The number of aromatic nitrogens is 3. The number of hydrogen-bond donors (Lipinski definition) is 0. The van der Waals surface area contributed by atoms with E-state index in [1.165, 1.54) is 13.1 Å². The molecule has 0 saturated carbocycles. The highest BCUT2D eigenvalue weighted by atomic mass is 35.5. The molecule has 0 spiro atoms. The fraction of sp³-hybridized carbons (Fsp3) is 0.176. The van der Waals surface area contributed by atoms with Crippen LogP contribution in [0.4, 0.5) is 0 Å². The van der Waals surface area contributed by atoms with E-state index in [0.29, 0.717) is 17.8 Å². The summed E-state index contributed by atoms with van der Waals surface area (Å²) in [7, 11) is 0. The molecule has 0 unspecified atom stereocenters. The van der Waals surface area contributed by atoms with Gasteiger partial charge >= 0.3 is 5.97 Å². The first-order chi connectivity index (χ1) is 11.6. The van der Waals surface area contributed by atoms with Crippen LogP contribution in [0, 0.1) is 11.3 Å². The first-order valence-electron chi connectivity index (χ1n) is 7.24. The average Bonchev–Trinajstić information content (AvgIpc) is 2.93. The number of para-hydroxylation sites is 1. The molecule has 6 nitrogen and oxygen atoms in total. The predicted molar refractivity (Wildman–Crippen MR) is 89.3 cm³/mol. The van der Waals surface area contributed by atoms with E-state index in [-0.39, 0.29) is 17.9 Å². The van der Waals surface area contributed by atoms with Crippen molar-refractivity contribution in [2.24, 2.45) is 0 Å². The molecule has 2 aromatic heterocycles. The highest BCUT2D eigenvalue weighted by molar-refractivity contribution is 6.28. The van der Waals surface area contributed by atoms with Gasteiger partial charge in [-0.05, 0) is 17.7 Å². The Morgan fingerprint density at radius 3 is 2.96 bits per heavy atom. The minimum atomic E-state index is -0.318. The molecule has 2 heterocycles. The van der Waals surface area contributed by atoms with Crippen molar-refractivity contribution in [3.8, 4) is 17.3 Å². The average molecular weight is 341 g/mol. The van der Waals surface area contributed by atoms with Crippen molar-refractivity contribution in [1.29, 1.82) is 5.26 Å². The molecule has 7 heteroatoms. The molecule has 1 aromatic carbocycles. The Morgan fingerprint density at radius 1 is 1.42 bits per heavy atom. The predicted octanol–water partition coefficient (Wildman–Crippen LogP) is 3.19. The molecular formula is C17H13ClN4O2. The van der Waals surface area contributed by atoms with Gasteiger partial charge in [0.15, 0.2) is 0 Å². The first kappa shape index (κ1) is 16.0. The third-order valence-electron chi connectivity index (χ3n) is 3.56.